The zero-order valence-corrected chi connectivity index (χ0v) is 24.5. The lowest BCUT2D eigenvalue weighted by atomic mass is 9.97. The minimum Gasteiger partial charge on any atom is -0.486 e. The molecule has 0 fully saturated rings. The first-order valence-electron chi connectivity index (χ1n) is 14.0. The fourth-order valence-electron chi connectivity index (χ4n) is 4.99. The Morgan fingerprint density at radius 3 is 2.49 bits per heavy atom. The SMILES string of the molecule is COC(=O)c1cc(-c2ccc3c(c2)OCCO3)ccc1NC(C#N)C(Cc1c[nH]c2ccccc12)NC(=O)OC(C)(C)C. The van der Waals surface area contributed by atoms with Crippen molar-refractivity contribution >= 4 is 28.7 Å². The number of esters is 1. The summed E-state index contributed by atoms with van der Waals surface area (Å²) in [7, 11) is 1.30. The first kappa shape index (κ1) is 29.3. The molecule has 0 saturated heterocycles. The van der Waals surface area contributed by atoms with Crippen LogP contribution in [0.15, 0.2) is 66.9 Å². The van der Waals surface area contributed by atoms with Gasteiger partial charge in [-0.15, -0.1) is 0 Å². The van der Waals surface area contributed by atoms with Crippen molar-refractivity contribution in [3.63, 3.8) is 0 Å². The van der Waals surface area contributed by atoms with Gasteiger partial charge >= 0.3 is 12.1 Å². The van der Waals surface area contributed by atoms with Crippen LogP contribution in [0.5, 0.6) is 11.5 Å². The predicted octanol–water partition coefficient (Wildman–Crippen LogP) is 5.83. The van der Waals surface area contributed by atoms with Crippen LogP contribution in [0.25, 0.3) is 22.0 Å². The number of rotatable bonds is 8. The molecule has 0 spiro atoms. The Balaban J connectivity index is 1.46. The maximum atomic E-state index is 12.9. The molecule has 0 bridgehead atoms. The quantitative estimate of drug-likeness (QED) is 0.221. The van der Waals surface area contributed by atoms with E-state index in [1.54, 1.807) is 32.9 Å². The molecule has 3 aromatic carbocycles. The summed E-state index contributed by atoms with van der Waals surface area (Å²) in [5.41, 5.74) is 3.32. The largest absolute Gasteiger partial charge is 0.486 e. The van der Waals surface area contributed by atoms with Crippen LogP contribution in [-0.4, -0.2) is 55.1 Å². The second kappa shape index (κ2) is 12.4. The molecular weight excluding hydrogens is 548 g/mol. The normalized spacial score (nSPS) is 13.8. The number of fused-ring (bicyclic) bond motifs is 2. The van der Waals surface area contributed by atoms with Crippen molar-refractivity contribution in [2.24, 2.45) is 0 Å². The maximum Gasteiger partial charge on any atom is 0.407 e. The molecule has 1 aromatic heterocycles. The van der Waals surface area contributed by atoms with Crippen LogP contribution in [0.2, 0.25) is 0 Å². The fraction of sp³-hybridized carbons (Fsp3) is 0.303. The van der Waals surface area contributed by atoms with E-state index in [1.165, 1.54) is 7.11 Å². The maximum absolute atomic E-state index is 12.9. The number of H-pyrrole nitrogens is 1. The molecule has 0 radical (unpaired) electrons. The van der Waals surface area contributed by atoms with E-state index in [-0.39, 0.29) is 5.56 Å². The summed E-state index contributed by atoms with van der Waals surface area (Å²) in [5.74, 6) is 0.715. The summed E-state index contributed by atoms with van der Waals surface area (Å²) in [4.78, 5) is 29.1. The van der Waals surface area contributed by atoms with Crippen LogP contribution in [-0.2, 0) is 15.9 Å². The van der Waals surface area contributed by atoms with Crippen LogP contribution >= 0.6 is 0 Å². The van der Waals surface area contributed by atoms with Gasteiger partial charge in [-0.2, -0.15) is 5.26 Å². The highest BCUT2D eigenvalue weighted by atomic mass is 16.6. The molecule has 2 unspecified atom stereocenters. The highest BCUT2D eigenvalue weighted by Crippen LogP contribution is 2.36. The number of nitrogens with one attached hydrogen (secondary N) is 3. The number of aromatic nitrogens is 1. The molecule has 222 valence electrons. The molecule has 3 N–H and O–H groups in total. The average molecular weight is 583 g/mol. The van der Waals surface area contributed by atoms with Crippen molar-refractivity contribution in [1.29, 1.82) is 5.26 Å². The van der Waals surface area contributed by atoms with E-state index in [0.717, 1.165) is 27.6 Å². The molecule has 1 amide bonds. The average Bonchev–Trinajstić information content (AvgIpc) is 3.40. The summed E-state index contributed by atoms with van der Waals surface area (Å²) >= 11 is 0. The van der Waals surface area contributed by atoms with Gasteiger partial charge in [-0.3, -0.25) is 0 Å². The first-order chi connectivity index (χ1) is 20.6. The topological polar surface area (TPSA) is 135 Å². The Morgan fingerprint density at radius 1 is 1.02 bits per heavy atom. The second-order valence-electron chi connectivity index (χ2n) is 11.2. The standard InChI is InChI=1S/C33H34N4O6/c1-33(2,3)43-32(39)37-27(16-22-19-35-25-8-6-5-7-23(22)25)28(18-34)36-26-11-9-20(15-24(26)31(38)40-4)21-10-12-29-30(17-21)42-14-13-41-29/h5-12,15,17,19,27-28,35-36H,13-14,16H2,1-4H3,(H,37,39). The number of alkyl carbamates (subject to hydrolysis) is 1. The Bertz CT molecular complexity index is 1680. The van der Waals surface area contributed by atoms with Crippen molar-refractivity contribution in [3.8, 4) is 28.7 Å². The molecule has 2 atom stereocenters. The molecule has 1 aliphatic heterocycles. The summed E-state index contributed by atoms with van der Waals surface area (Å²) < 4.78 is 21.9. The minimum absolute atomic E-state index is 0.234. The molecule has 0 aliphatic carbocycles. The number of nitrogens with zero attached hydrogens (tertiary/aromatic N) is 1. The highest BCUT2D eigenvalue weighted by Gasteiger charge is 2.29. The number of hydrogen-bond acceptors (Lipinski definition) is 8. The minimum atomic E-state index is -0.940. The molecule has 10 heteroatoms. The van der Waals surface area contributed by atoms with E-state index in [0.29, 0.717) is 36.8 Å². The lowest BCUT2D eigenvalue weighted by molar-refractivity contribution is 0.0501. The highest BCUT2D eigenvalue weighted by molar-refractivity contribution is 5.97. The molecule has 43 heavy (non-hydrogen) atoms. The van der Waals surface area contributed by atoms with Gasteiger partial charge in [-0.05, 0) is 74.2 Å². The van der Waals surface area contributed by atoms with E-state index in [2.05, 4.69) is 21.7 Å². The smallest absolute Gasteiger partial charge is 0.407 e. The molecule has 10 nitrogen and oxygen atoms in total. The predicted molar refractivity (Wildman–Crippen MR) is 162 cm³/mol. The lowest BCUT2D eigenvalue weighted by Crippen LogP contribution is -2.49. The van der Waals surface area contributed by atoms with Gasteiger partial charge in [0, 0.05) is 22.8 Å². The van der Waals surface area contributed by atoms with Crippen molar-refractivity contribution in [2.45, 2.75) is 44.9 Å². The number of ether oxygens (including phenoxy) is 4. The lowest BCUT2D eigenvalue weighted by Gasteiger charge is -2.27. The summed E-state index contributed by atoms with van der Waals surface area (Å²) in [6.45, 7) is 6.26. The van der Waals surface area contributed by atoms with Gasteiger partial charge in [0.15, 0.2) is 11.5 Å². The molecule has 1 aliphatic rings. The second-order valence-corrected chi connectivity index (χ2v) is 11.2. The Hall–Kier alpha value is -5.17. The summed E-state index contributed by atoms with van der Waals surface area (Å²) in [6, 6.07) is 19.2. The number of hydrogen-bond donors (Lipinski definition) is 3. The third-order valence-electron chi connectivity index (χ3n) is 6.97. The van der Waals surface area contributed by atoms with E-state index < -0.39 is 29.7 Å². The van der Waals surface area contributed by atoms with Crippen molar-refractivity contribution < 1.29 is 28.5 Å². The zero-order valence-electron chi connectivity index (χ0n) is 24.5. The summed E-state index contributed by atoms with van der Waals surface area (Å²) in [6.07, 6.45) is 1.53. The molecular formula is C33H34N4O6. The third-order valence-corrected chi connectivity index (χ3v) is 6.97. The van der Waals surface area contributed by atoms with Crippen molar-refractivity contribution in [2.75, 3.05) is 25.6 Å². The van der Waals surface area contributed by atoms with Gasteiger partial charge < -0.3 is 34.6 Å². The van der Waals surface area contributed by atoms with Crippen molar-refractivity contribution in [1.82, 2.24) is 10.3 Å². The van der Waals surface area contributed by atoms with Gasteiger partial charge in [-0.1, -0.05) is 30.3 Å². The van der Waals surface area contributed by atoms with Gasteiger partial charge in [-0.25, -0.2) is 9.59 Å². The number of para-hydroxylation sites is 1. The van der Waals surface area contributed by atoms with Crippen LogP contribution in [0, 0.1) is 11.3 Å². The van der Waals surface area contributed by atoms with Crippen molar-refractivity contribution in [3.05, 3.63) is 78.0 Å². The first-order valence-corrected chi connectivity index (χ1v) is 14.0. The van der Waals surface area contributed by atoms with Gasteiger partial charge in [0.25, 0.3) is 0 Å². The number of amides is 1. The van der Waals surface area contributed by atoms with Gasteiger partial charge in [0.1, 0.15) is 24.9 Å². The number of carbonyl (C=O) groups is 2. The van der Waals surface area contributed by atoms with Crippen LogP contribution < -0.4 is 20.1 Å². The van der Waals surface area contributed by atoms with E-state index >= 15 is 0 Å². The van der Waals surface area contributed by atoms with E-state index in [4.69, 9.17) is 18.9 Å². The van der Waals surface area contributed by atoms with E-state index in [1.807, 2.05) is 54.7 Å². The Labute approximate surface area is 249 Å². The van der Waals surface area contributed by atoms with Crippen LogP contribution in [0.4, 0.5) is 10.5 Å². The number of nitriles is 1. The third kappa shape index (κ3) is 6.84. The number of anilines is 1. The van der Waals surface area contributed by atoms with Gasteiger partial charge in [0.05, 0.1) is 24.8 Å². The van der Waals surface area contributed by atoms with E-state index in [9.17, 15) is 14.9 Å². The number of benzene rings is 3. The summed E-state index contributed by atoms with van der Waals surface area (Å²) in [5, 5.41) is 17.4. The number of carbonyl (C=O) groups excluding carboxylic acids is 2. The molecule has 4 aromatic rings. The Morgan fingerprint density at radius 2 is 1.74 bits per heavy atom. The van der Waals surface area contributed by atoms with Crippen LogP contribution in [0.1, 0.15) is 36.7 Å². The molecule has 5 rings (SSSR count). The molecule has 2 heterocycles. The number of methoxy groups -OCH3 is 1. The zero-order chi connectivity index (χ0) is 30.6. The molecule has 0 saturated carbocycles. The van der Waals surface area contributed by atoms with Crippen LogP contribution in [0.3, 0.4) is 0 Å². The number of aromatic amines is 1. The monoisotopic (exact) mass is 582 g/mol. The van der Waals surface area contributed by atoms with Gasteiger partial charge in [0.2, 0.25) is 0 Å². The fourth-order valence-corrected chi connectivity index (χ4v) is 4.99. The Kier molecular flexibility index (Phi) is 8.44.